The molecule has 0 saturated heterocycles. The Bertz CT molecular complexity index is 450. The molecule has 1 aliphatic rings. The number of aryl methyl sites for hydroxylation is 1. The molecule has 3 heteroatoms. The topological polar surface area (TPSA) is 12.5 Å². The highest BCUT2D eigenvalue weighted by Gasteiger charge is 2.39. The van der Waals surface area contributed by atoms with Gasteiger partial charge in [-0.05, 0) is 32.8 Å². The highest BCUT2D eigenvalue weighted by atomic mass is 35.5. The Hall–Kier alpha value is -0.990. The van der Waals surface area contributed by atoms with E-state index >= 15 is 0 Å². The van der Waals surface area contributed by atoms with Gasteiger partial charge in [0, 0.05) is 0 Å². The zero-order valence-corrected chi connectivity index (χ0v) is 12.2. The second-order valence-corrected chi connectivity index (χ2v) is 5.85. The first-order valence-corrected chi connectivity index (χ1v) is 6.72. The molecule has 0 fully saturated rings. The van der Waals surface area contributed by atoms with Crippen molar-refractivity contribution >= 4 is 11.6 Å². The summed E-state index contributed by atoms with van der Waals surface area (Å²) in [6.07, 6.45) is 2.64. The first-order chi connectivity index (χ1) is 8.45. The van der Waals surface area contributed by atoms with E-state index in [0.717, 1.165) is 11.5 Å². The summed E-state index contributed by atoms with van der Waals surface area (Å²) in [6.45, 7) is 8.57. The van der Waals surface area contributed by atoms with Crippen molar-refractivity contribution in [3.8, 4) is 0 Å². The summed E-state index contributed by atoms with van der Waals surface area (Å²) in [6, 6.07) is 8.44. The fourth-order valence-electron chi connectivity index (χ4n) is 2.04. The van der Waals surface area contributed by atoms with Crippen LogP contribution in [0.15, 0.2) is 35.6 Å². The lowest BCUT2D eigenvalue weighted by atomic mass is 9.96. The third kappa shape index (κ3) is 2.40. The summed E-state index contributed by atoms with van der Waals surface area (Å²) < 4.78 is 0. The second-order valence-electron chi connectivity index (χ2n) is 5.41. The molecule has 1 aliphatic heterocycles. The van der Waals surface area contributed by atoms with Gasteiger partial charge in [-0.1, -0.05) is 48.4 Å². The normalized spacial score (nSPS) is 20.7. The van der Waals surface area contributed by atoms with Crippen molar-refractivity contribution in [2.45, 2.75) is 45.7 Å². The maximum atomic E-state index is 6.30. The lowest BCUT2D eigenvalue weighted by Gasteiger charge is -2.37. The monoisotopic (exact) mass is 265 g/mol. The van der Waals surface area contributed by atoms with Crippen molar-refractivity contribution in [3.63, 3.8) is 0 Å². The minimum atomic E-state index is -0.0529. The van der Waals surface area contributed by atoms with Crippen molar-refractivity contribution in [1.29, 1.82) is 0 Å². The number of hydrogen-bond acceptors (Lipinski definition) is 2. The molecule has 0 aliphatic carbocycles. The molecular weight excluding hydrogens is 246 g/mol. The predicted molar refractivity (Wildman–Crippen MR) is 75.2 cm³/mol. The van der Waals surface area contributed by atoms with E-state index in [1.165, 1.54) is 11.1 Å². The standard InChI is InChI=1S/C15H20ClNO/c1-5-15(3,4)17-14(13(16)10-18-17)12-8-6-11(2)7-9-12/h6-10,14H,5H2,1-4H3. The van der Waals surface area contributed by atoms with Gasteiger partial charge in [-0.2, -0.15) is 0 Å². The van der Waals surface area contributed by atoms with Gasteiger partial charge in [-0.3, -0.25) is 0 Å². The maximum absolute atomic E-state index is 6.30. The fraction of sp³-hybridized carbons (Fsp3) is 0.467. The number of hydrogen-bond donors (Lipinski definition) is 0. The van der Waals surface area contributed by atoms with E-state index in [0.29, 0.717) is 0 Å². The van der Waals surface area contributed by atoms with E-state index in [-0.39, 0.29) is 11.6 Å². The van der Waals surface area contributed by atoms with E-state index in [2.05, 4.69) is 52.0 Å². The van der Waals surface area contributed by atoms with Crippen LogP contribution in [0.4, 0.5) is 0 Å². The molecule has 2 nitrogen and oxygen atoms in total. The van der Waals surface area contributed by atoms with Gasteiger partial charge in [0.2, 0.25) is 0 Å². The lowest BCUT2D eigenvalue weighted by molar-refractivity contribution is -0.174. The van der Waals surface area contributed by atoms with Gasteiger partial charge in [0.25, 0.3) is 0 Å². The molecule has 98 valence electrons. The predicted octanol–water partition coefficient (Wildman–Crippen LogP) is 4.55. The summed E-state index contributed by atoms with van der Waals surface area (Å²) in [4.78, 5) is 5.66. The van der Waals surface area contributed by atoms with Crippen LogP contribution >= 0.6 is 11.6 Å². The summed E-state index contributed by atoms with van der Waals surface area (Å²) in [7, 11) is 0. The molecule has 1 aromatic carbocycles. The Morgan fingerprint density at radius 3 is 2.44 bits per heavy atom. The van der Waals surface area contributed by atoms with Gasteiger partial charge < -0.3 is 4.84 Å². The number of hydroxylamine groups is 2. The third-order valence-corrected chi connectivity index (χ3v) is 3.93. The summed E-state index contributed by atoms with van der Waals surface area (Å²) in [5.41, 5.74) is 2.36. The molecule has 0 radical (unpaired) electrons. The van der Waals surface area contributed by atoms with E-state index in [9.17, 15) is 0 Å². The van der Waals surface area contributed by atoms with E-state index in [1.807, 2.05) is 5.06 Å². The van der Waals surface area contributed by atoms with Crippen molar-refractivity contribution < 1.29 is 4.84 Å². The second kappa shape index (κ2) is 4.94. The molecular formula is C15H20ClNO. The largest absolute Gasteiger partial charge is 0.411 e. The van der Waals surface area contributed by atoms with Crippen molar-refractivity contribution in [3.05, 3.63) is 46.7 Å². The number of rotatable bonds is 3. The van der Waals surface area contributed by atoms with Gasteiger partial charge in [0.15, 0.2) is 0 Å². The molecule has 1 atom stereocenters. The first kappa shape index (κ1) is 13.4. The van der Waals surface area contributed by atoms with Crippen LogP contribution < -0.4 is 0 Å². The molecule has 0 aromatic heterocycles. The zero-order valence-electron chi connectivity index (χ0n) is 11.4. The zero-order chi connectivity index (χ0) is 13.3. The van der Waals surface area contributed by atoms with Crippen LogP contribution in [0.2, 0.25) is 0 Å². The minimum absolute atomic E-state index is 0.00205. The molecule has 1 heterocycles. The fourth-order valence-corrected chi connectivity index (χ4v) is 2.29. The summed E-state index contributed by atoms with van der Waals surface area (Å²) >= 11 is 6.30. The molecule has 0 saturated carbocycles. The van der Waals surface area contributed by atoms with Crippen molar-refractivity contribution in [1.82, 2.24) is 5.06 Å². The average Bonchev–Trinajstić information content (AvgIpc) is 2.73. The average molecular weight is 266 g/mol. The first-order valence-electron chi connectivity index (χ1n) is 6.34. The van der Waals surface area contributed by atoms with Gasteiger partial charge in [0.05, 0.1) is 10.6 Å². The van der Waals surface area contributed by atoms with Crippen LogP contribution in [0.5, 0.6) is 0 Å². The smallest absolute Gasteiger partial charge is 0.128 e. The number of nitrogens with zero attached hydrogens (tertiary/aromatic N) is 1. The van der Waals surface area contributed by atoms with Crippen LogP contribution in [0.25, 0.3) is 0 Å². The maximum Gasteiger partial charge on any atom is 0.128 e. The summed E-state index contributed by atoms with van der Waals surface area (Å²) in [5.74, 6) is 0. The Labute approximate surface area is 114 Å². The summed E-state index contributed by atoms with van der Waals surface area (Å²) in [5, 5.41) is 2.72. The lowest BCUT2D eigenvalue weighted by Crippen LogP contribution is -2.42. The Morgan fingerprint density at radius 2 is 1.89 bits per heavy atom. The van der Waals surface area contributed by atoms with Gasteiger partial charge >= 0.3 is 0 Å². The Kier molecular flexibility index (Phi) is 3.69. The molecule has 0 spiro atoms. The van der Waals surface area contributed by atoms with E-state index < -0.39 is 0 Å². The Morgan fingerprint density at radius 1 is 1.28 bits per heavy atom. The van der Waals surface area contributed by atoms with Gasteiger partial charge in [-0.15, -0.1) is 5.06 Å². The highest BCUT2D eigenvalue weighted by molar-refractivity contribution is 6.30. The van der Waals surface area contributed by atoms with Crippen LogP contribution in [0, 0.1) is 6.92 Å². The van der Waals surface area contributed by atoms with Gasteiger partial charge in [-0.25, -0.2) is 0 Å². The number of halogens is 1. The van der Waals surface area contributed by atoms with Crippen molar-refractivity contribution in [2.24, 2.45) is 0 Å². The molecule has 0 N–H and O–H groups in total. The SMILES string of the molecule is CCC(C)(C)N1OC=C(Cl)C1c1ccc(C)cc1. The minimum Gasteiger partial charge on any atom is -0.411 e. The molecule has 18 heavy (non-hydrogen) atoms. The highest BCUT2D eigenvalue weighted by Crippen LogP contribution is 2.41. The molecule has 0 bridgehead atoms. The molecule has 2 rings (SSSR count). The quantitative estimate of drug-likeness (QED) is 0.795. The van der Waals surface area contributed by atoms with Crippen LogP contribution in [-0.2, 0) is 4.84 Å². The molecule has 0 amide bonds. The Balaban J connectivity index is 2.33. The van der Waals surface area contributed by atoms with Gasteiger partial charge in [0.1, 0.15) is 12.3 Å². The number of benzene rings is 1. The van der Waals surface area contributed by atoms with Crippen LogP contribution in [0.3, 0.4) is 0 Å². The van der Waals surface area contributed by atoms with Crippen LogP contribution in [-0.4, -0.2) is 10.6 Å². The van der Waals surface area contributed by atoms with Crippen LogP contribution in [0.1, 0.15) is 44.4 Å². The van der Waals surface area contributed by atoms with E-state index in [4.69, 9.17) is 16.4 Å². The van der Waals surface area contributed by atoms with Crippen molar-refractivity contribution in [2.75, 3.05) is 0 Å². The molecule has 1 unspecified atom stereocenters. The van der Waals surface area contributed by atoms with E-state index in [1.54, 1.807) is 6.26 Å². The molecule has 1 aromatic rings. The third-order valence-electron chi connectivity index (χ3n) is 3.63.